The van der Waals surface area contributed by atoms with Gasteiger partial charge in [0.2, 0.25) is 0 Å². The molecular weight excluding hydrogens is 381 g/mol. The van der Waals surface area contributed by atoms with E-state index >= 15 is 0 Å². The van der Waals surface area contributed by atoms with E-state index in [-0.39, 0.29) is 33.3 Å². The minimum atomic E-state index is -0.814. The number of rotatable bonds is 5. The van der Waals surface area contributed by atoms with Crippen molar-refractivity contribution in [1.29, 1.82) is 5.26 Å². The Hall–Kier alpha value is -2.95. The molecule has 0 aliphatic carbocycles. The maximum atomic E-state index is 12.2. The lowest BCUT2D eigenvalue weighted by molar-refractivity contribution is -0.119. The average molecular weight is 394 g/mol. The monoisotopic (exact) mass is 393 g/mol. The molecule has 0 heterocycles. The third-order valence-corrected chi connectivity index (χ3v) is 3.81. The number of amides is 1. The summed E-state index contributed by atoms with van der Waals surface area (Å²) < 4.78 is 10.0. The van der Waals surface area contributed by atoms with E-state index in [2.05, 4.69) is 5.32 Å². The minimum Gasteiger partial charge on any atom is -0.496 e. The van der Waals surface area contributed by atoms with Crippen molar-refractivity contribution in [3.05, 3.63) is 51.5 Å². The molecule has 0 bridgehead atoms. The van der Waals surface area contributed by atoms with E-state index in [0.717, 1.165) is 0 Å². The summed E-state index contributed by atoms with van der Waals surface area (Å²) in [4.78, 5) is 24.2. The summed E-state index contributed by atoms with van der Waals surface area (Å²) in [5.41, 5.74) is 6.35. The quantitative estimate of drug-likeness (QED) is 0.594. The Morgan fingerprint density at radius 2 is 2.00 bits per heavy atom. The molecule has 2 aromatic rings. The number of carbonyl (C=O) groups excluding carboxylic acids is 2. The molecule has 2 aromatic carbocycles. The lowest BCUT2D eigenvalue weighted by Gasteiger charge is -2.11. The molecule has 9 heteroatoms. The lowest BCUT2D eigenvalue weighted by Crippen LogP contribution is -2.21. The Morgan fingerprint density at radius 3 is 2.65 bits per heavy atom. The Balaban J connectivity index is 2.06. The van der Waals surface area contributed by atoms with Gasteiger partial charge >= 0.3 is 5.97 Å². The molecule has 0 fully saturated rings. The van der Waals surface area contributed by atoms with E-state index in [9.17, 15) is 9.59 Å². The van der Waals surface area contributed by atoms with Crippen LogP contribution in [-0.4, -0.2) is 25.6 Å². The zero-order valence-electron chi connectivity index (χ0n) is 13.5. The van der Waals surface area contributed by atoms with Gasteiger partial charge < -0.3 is 20.5 Å². The molecule has 0 saturated heterocycles. The van der Waals surface area contributed by atoms with E-state index in [1.54, 1.807) is 0 Å². The third-order valence-electron chi connectivity index (χ3n) is 3.25. The van der Waals surface area contributed by atoms with Crippen LogP contribution in [-0.2, 0) is 9.53 Å². The van der Waals surface area contributed by atoms with Crippen LogP contribution < -0.4 is 15.8 Å². The van der Waals surface area contributed by atoms with Crippen LogP contribution >= 0.6 is 23.2 Å². The van der Waals surface area contributed by atoms with E-state index < -0.39 is 18.5 Å². The maximum Gasteiger partial charge on any atom is 0.342 e. The first-order chi connectivity index (χ1) is 12.3. The second kappa shape index (κ2) is 8.43. The maximum absolute atomic E-state index is 12.2. The van der Waals surface area contributed by atoms with Crippen molar-refractivity contribution in [2.75, 3.05) is 24.8 Å². The lowest BCUT2D eigenvalue weighted by atomic mass is 10.2. The highest BCUT2D eigenvalue weighted by Crippen LogP contribution is 2.29. The molecule has 134 valence electrons. The number of nitrogens with two attached hydrogens (primary N) is 1. The van der Waals surface area contributed by atoms with Crippen LogP contribution in [0.25, 0.3) is 0 Å². The van der Waals surface area contributed by atoms with E-state index in [1.165, 1.54) is 37.4 Å². The number of nitrogens with zero attached hydrogens (tertiary/aromatic N) is 1. The molecule has 0 atom stereocenters. The van der Waals surface area contributed by atoms with Crippen LogP contribution in [0.4, 0.5) is 11.4 Å². The normalized spacial score (nSPS) is 9.92. The molecule has 0 saturated carbocycles. The number of ether oxygens (including phenoxy) is 2. The Bertz CT molecular complexity index is 910. The molecule has 0 spiro atoms. The number of esters is 1. The number of carbonyl (C=O) groups is 2. The fourth-order valence-corrected chi connectivity index (χ4v) is 2.35. The molecule has 0 aliphatic heterocycles. The largest absolute Gasteiger partial charge is 0.496 e. The summed E-state index contributed by atoms with van der Waals surface area (Å²) in [7, 11) is 1.36. The SMILES string of the molecule is COc1cc(N)c(Cl)cc1C(=O)OCC(=O)Nc1cc(Cl)ccc1C#N. The Morgan fingerprint density at radius 1 is 1.27 bits per heavy atom. The van der Waals surface area contributed by atoms with Gasteiger partial charge in [0, 0.05) is 11.1 Å². The number of benzene rings is 2. The standard InChI is InChI=1S/C17H13Cl2N3O4/c1-25-15-6-13(21)12(19)5-11(15)17(24)26-8-16(23)22-14-4-10(18)3-2-9(14)7-20/h2-6H,8,21H2,1H3,(H,22,23). The van der Waals surface area contributed by atoms with Crippen LogP contribution in [0.15, 0.2) is 30.3 Å². The fraction of sp³-hybridized carbons (Fsp3) is 0.118. The van der Waals surface area contributed by atoms with Gasteiger partial charge in [0.05, 0.1) is 29.1 Å². The number of nitriles is 1. The number of hydrogen-bond donors (Lipinski definition) is 2. The first-order valence-corrected chi connectivity index (χ1v) is 7.91. The molecule has 1 amide bonds. The average Bonchev–Trinajstić information content (AvgIpc) is 2.61. The van der Waals surface area contributed by atoms with Gasteiger partial charge in [0.15, 0.2) is 6.61 Å². The molecule has 0 aromatic heterocycles. The number of methoxy groups -OCH3 is 1. The summed E-state index contributed by atoms with van der Waals surface area (Å²) in [6.07, 6.45) is 0. The zero-order chi connectivity index (χ0) is 19.3. The second-order valence-electron chi connectivity index (χ2n) is 5.00. The third kappa shape index (κ3) is 4.57. The predicted molar refractivity (Wildman–Crippen MR) is 97.5 cm³/mol. The highest BCUT2D eigenvalue weighted by atomic mass is 35.5. The van der Waals surface area contributed by atoms with Crippen LogP contribution in [0.3, 0.4) is 0 Å². The van der Waals surface area contributed by atoms with Crippen molar-refractivity contribution in [2.45, 2.75) is 0 Å². The number of anilines is 2. The second-order valence-corrected chi connectivity index (χ2v) is 5.84. The smallest absolute Gasteiger partial charge is 0.342 e. The van der Waals surface area contributed by atoms with Crippen molar-refractivity contribution >= 4 is 46.5 Å². The topological polar surface area (TPSA) is 114 Å². The summed E-state index contributed by atoms with van der Waals surface area (Å²) in [6.45, 7) is -0.582. The molecule has 26 heavy (non-hydrogen) atoms. The highest BCUT2D eigenvalue weighted by Gasteiger charge is 2.18. The molecule has 0 unspecified atom stereocenters. The van der Waals surface area contributed by atoms with Crippen LogP contribution in [0, 0.1) is 11.3 Å². The van der Waals surface area contributed by atoms with Crippen molar-refractivity contribution in [3.63, 3.8) is 0 Å². The van der Waals surface area contributed by atoms with Crippen molar-refractivity contribution in [1.82, 2.24) is 0 Å². The van der Waals surface area contributed by atoms with Gasteiger partial charge in [-0.1, -0.05) is 23.2 Å². The number of nitrogens with one attached hydrogen (secondary N) is 1. The molecular formula is C17H13Cl2N3O4. The summed E-state index contributed by atoms with van der Waals surface area (Å²) in [5.74, 6) is -1.29. The van der Waals surface area contributed by atoms with Gasteiger partial charge in [-0.3, -0.25) is 4.79 Å². The Kier molecular flexibility index (Phi) is 6.28. The number of halogens is 2. The highest BCUT2D eigenvalue weighted by molar-refractivity contribution is 6.33. The first kappa shape index (κ1) is 19.4. The first-order valence-electron chi connectivity index (χ1n) is 7.15. The molecule has 0 aliphatic rings. The van der Waals surface area contributed by atoms with Gasteiger partial charge in [-0.05, 0) is 24.3 Å². The number of nitrogen functional groups attached to an aromatic ring is 1. The Labute approximate surface area is 159 Å². The van der Waals surface area contributed by atoms with Crippen molar-refractivity contribution in [3.8, 4) is 11.8 Å². The van der Waals surface area contributed by atoms with Gasteiger partial charge in [0.1, 0.15) is 17.4 Å². The van der Waals surface area contributed by atoms with E-state index in [1.807, 2.05) is 6.07 Å². The minimum absolute atomic E-state index is 0.0277. The zero-order valence-corrected chi connectivity index (χ0v) is 15.0. The fourth-order valence-electron chi connectivity index (χ4n) is 2.01. The summed E-state index contributed by atoms with van der Waals surface area (Å²) in [6, 6.07) is 9.00. The van der Waals surface area contributed by atoms with Gasteiger partial charge in [-0.25, -0.2) is 4.79 Å². The molecule has 3 N–H and O–H groups in total. The summed E-state index contributed by atoms with van der Waals surface area (Å²) in [5, 5.41) is 12.0. The number of hydrogen-bond acceptors (Lipinski definition) is 6. The molecule has 2 rings (SSSR count). The predicted octanol–water partition coefficient (Wildman–Crippen LogP) is 3.25. The van der Waals surface area contributed by atoms with Gasteiger partial charge in [0.25, 0.3) is 5.91 Å². The van der Waals surface area contributed by atoms with Gasteiger partial charge in [-0.15, -0.1) is 0 Å². The van der Waals surface area contributed by atoms with E-state index in [0.29, 0.717) is 5.02 Å². The molecule has 0 radical (unpaired) electrons. The summed E-state index contributed by atoms with van der Waals surface area (Å²) >= 11 is 11.7. The van der Waals surface area contributed by atoms with E-state index in [4.69, 9.17) is 43.7 Å². The van der Waals surface area contributed by atoms with Gasteiger partial charge in [-0.2, -0.15) is 5.26 Å². The van der Waals surface area contributed by atoms with Crippen LogP contribution in [0.1, 0.15) is 15.9 Å². The van der Waals surface area contributed by atoms with Crippen LogP contribution in [0.2, 0.25) is 10.0 Å². The van der Waals surface area contributed by atoms with Crippen molar-refractivity contribution < 1.29 is 19.1 Å². The van der Waals surface area contributed by atoms with Crippen LogP contribution in [0.5, 0.6) is 5.75 Å². The van der Waals surface area contributed by atoms with Crippen molar-refractivity contribution in [2.24, 2.45) is 0 Å². The molecule has 7 nitrogen and oxygen atoms in total.